The number of anilines is 1. The van der Waals surface area contributed by atoms with E-state index in [4.69, 9.17) is 5.14 Å². The molecule has 1 aromatic rings. The van der Waals surface area contributed by atoms with Crippen molar-refractivity contribution in [2.75, 3.05) is 18.4 Å². The van der Waals surface area contributed by atoms with Crippen LogP contribution in [0.15, 0.2) is 29.2 Å². The molecule has 0 aliphatic carbocycles. The Balaban J connectivity index is 2.01. The van der Waals surface area contributed by atoms with Crippen LogP contribution >= 0.6 is 0 Å². The van der Waals surface area contributed by atoms with Gasteiger partial charge < -0.3 is 10.6 Å². The van der Waals surface area contributed by atoms with Crippen LogP contribution in [0, 0.1) is 0 Å². The predicted molar refractivity (Wildman–Crippen MR) is 71.9 cm³/mol. The fraction of sp³-hybridized carbons (Fsp3) is 0.500. The van der Waals surface area contributed by atoms with E-state index < -0.39 is 10.0 Å². The quantitative estimate of drug-likeness (QED) is 0.761. The summed E-state index contributed by atoms with van der Waals surface area (Å²) in [6.07, 6.45) is 3.55. The molecule has 0 radical (unpaired) electrons. The topological polar surface area (TPSA) is 84.2 Å². The van der Waals surface area contributed by atoms with Gasteiger partial charge in [0.25, 0.3) is 0 Å². The molecule has 1 aliphatic heterocycles. The highest BCUT2D eigenvalue weighted by atomic mass is 32.2. The highest BCUT2D eigenvalue weighted by Crippen LogP contribution is 2.15. The van der Waals surface area contributed by atoms with Gasteiger partial charge in [-0.05, 0) is 43.7 Å². The van der Waals surface area contributed by atoms with Crippen molar-refractivity contribution in [2.24, 2.45) is 5.14 Å². The first-order chi connectivity index (χ1) is 8.55. The minimum absolute atomic E-state index is 0.145. The molecular formula is C12H19N3O2S. The van der Waals surface area contributed by atoms with Crippen molar-refractivity contribution in [3.8, 4) is 0 Å². The highest BCUT2D eigenvalue weighted by Gasteiger charge is 2.12. The maximum atomic E-state index is 11.1. The van der Waals surface area contributed by atoms with Crippen LogP contribution in [0.25, 0.3) is 0 Å². The molecule has 0 aromatic heterocycles. The average Bonchev–Trinajstić information content (AvgIpc) is 2.57. The van der Waals surface area contributed by atoms with Crippen LogP contribution in [0.1, 0.15) is 19.3 Å². The molecule has 1 atom stereocenters. The number of rotatable bonds is 3. The van der Waals surface area contributed by atoms with Gasteiger partial charge in [-0.25, -0.2) is 13.6 Å². The zero-order valence-electron chi connectivity index (χ0n) is 10.2. The number of hydrogen-bond donors (Lipinski definition) is 3. The van der Waals surface area contributed by atoms with E-state index in [-0.39, 0.29) is 4.90 Å². The van der Waals surface area contributed by atoms with Crippen molar-refractivity contribution in [3.05, 3.63) is 24.3 Å². The molecule has 0 bridgehead atoms. The molecule has 4 N–H and O–H groups in total. The Kier molecular flexibility index (Phi) is 4.21. The van der Waals surface area contributed by atoms with Gasteiger partial charge >= 0.3 is 0 Å². The van der Waals surface area contributed by atoms with Gasteiger partial charge in [-0.15, -0.1) is 0 Å². The summed E-state index contributed by atoms with van der Waals surface area (Å²) >= 11 is 0. The minimum atomic E-state index is -3.60. The highest BCUT2D eigenvalue weighted by molar-refractivity contribution is 7.89. The SMILES string of the molecule is NS(=O)(=O)c1ccc(NC2CCCCNC2)cc1. The van der Waals surface area contributed by atoms with Crippen molar-refractivity contribution < 1.29 is 8.42 Å². The maximum Gasteiger partial charge on any atom is 0.238 e. The lowest BCUT2D eigenvalue weighted by Gasteiger charge is -2.17. The zero-order valence-corrected chi connectivity index (χ0v) is 11.0. The van der Waals surface area contributed by atoms with E-state index in [1.54, 1.807) is 12.1 Å². The van der Waals surface area contributed by atoms with Crippen LogP contribution in [0.4, 0.5) is 5.69 Å². The molecule has 100 valence electrons. The summed E-state index contributed by atoms with van der Waals surface area (Å²) in [4.78, 5) is 0.145. The van der Waals surface area contributed by atoms with E-state index in [1.165, 1.54) is 25.0 Å². The second-order valence-corrected chi connectivity index (χ2v) is 6.17. The summed E-state index contributed by atoms with van der Waals surface area (Å²) in [5.41, 5.74) is 0.927. The van der Waals surface area contributed by atoms with Gasteiger partial charge in [0.05, 0.1) is 4.90 Å². The van der Waals surface area contributed by atoms with Crippen molar-refractivity contribution in [1.29, 1.82) is 0 Å². The fourth-order valence-corrected chi connectivity index (χ4v) is 2.63. The summed E-state index contributed by atoms with van der Waals surface area (Å²) in [6.45, 7) is 2.01. The second-order valence-electron chi connectivity index (χ2n) is 4.61. The van der Waals surface area contributed by atoms with Crippen molar-refractivity contribution >= 4 is 15.7 Å². The van der Waals surface area contributed by atoms with E-state index in [0.29, 0.717) is 6.04 Å². The molecule has 5 nitrogen and oxygen atoms in total. The third kappa shape index (κ3) is 3.69. The maximum absolute atomic E-state index is 11.1. The van der Waals surface area contributed by atoms with Crippen LogP contribution in [-0.4, -0.2) is 27.5 Å². The molecule has 1 heterocycles. The number of benzene rings is 1. The molecule has 0 saturated carbocycles. The Morgan fingerprint density at radius 1 is 1.22 bits per heavy atom. The predicted octanol–water partition coefficient (Wildman–Crippen LogP) is 0.888. The Morgan fingerprint density at radius 2 is 1.94 bits per heavy atom. The average molecular weight is 269 g/mol. The molecule has 1 fully saturated rings. The molecule has 1 aliphatic rings. The first-order valence-corrected chi connectivity index (χ1v) is 7.70. The minimum Gasteiger partial charge on any atom is -0.381 e. The van der Waals surface area contributed by atoms with Crippen molar-refractivity contribution in [3.63, 3.8) is 0 Å². The smallest absolute Gasteiger partial charge is 0.238 e. The van der Waals surface area contributed by atoms with Crippen molar-refractivity contribution in [2.45, 2.75) is 30.2 Å². The zero-order chi connectivity index (χ0) is 13.0. The Bertz CT molecular complexity index is 477. The monoisotopic (exact) mass is 269 g/mol. The van der Waals surface area contributed by atoms with Crippen LogP contribution in [0.2, 0.25) is 0 Å². The Hall–Kier alpha value is -1.11. The summed E-state index contributed by atoms with van der Waals surface area (Å²) in [7, 11) is -3.60. The van der Waals surface area contributed by atoms with Crippen molar-refractivity contribution in [1.82, 2.24) is 5.32 Å². The van der Waals surface area contributed by atoms with Gasteiger partial charge in [-0.3, -0.25) is 0 Å². The Labute approximate surface area is 108 Å². The molecule has 1 unspecified atom stereocenters. The molecule has 0 amide bonds. The van der Waals surface area contributed by atoms with Crippen LogP contribution < -0.4 is 15.8 Å². The molecule has 1 saturated heterocycles. The van der Waals surface area contributed by atoms with Gasteiger partial charge in [-0.1, -0.05) is 6.42 Å². The summed E-state index contributed by atoms with van der Waals surface area (Å²) < 4.78 is 22.3. The van der Waals surface area contributed by atoms with E-state index in [0.717, 1.165) is 25.2 Å². The molecule has 6 heteroatoms. The van der Waals surface area contributed by atoms with Gasteiger partial charge in [-0.2, -0.15) is 0 Å². The van der Waals surface area contributed by atoms with Crippen LogP contribution in [0.3, 0.4) is 0 Å². The first-order valence-electron chi connectivity index (χ1n) is 6.16. The van der Waals surface area contributed by atoms with E-state index >= 15 is 0 Å². The van der Waals surface area contributed by atoms with E-state index in [9.17, 15) is 8.42 Å². The lowest BCUT2D eigenvalue weighted by atomic mass is 10.1. The number of hydrogen-bond acceptors (Lipinski definition) is 4. The molecule has 1 aromatic carbocycles. The van der Waals surface area contributed by atoms with Gasteiger partial charge in [0.2, 0.25) is 10.0 Å². The lowest BCUT2D eigenvalue weighted by Crippen LogP contribution is -2.30. The molecular weight excluding hydrogens is 250 g/mol. The fourth-order valence-electron chi connectivity index (χ4n) is 2.12. The first kappa shape index (κ1) is 13.3. The second kappa shape index (κ2) is 5.69. The number of sulfonamides is 1. The standard InChI is InChI=1S/C12H19N3O2S/c13-18(16,17)12-6-4-10(5-7-12)15-11-3-1-2-8-14-9-11/h4-7,11,14-15H,1-3,8-9H2,(H2,13,16,17). The van der Waals surface area contributed by atoms with Gasteiger partial charge in [0.15, 0.2) is 0 Å². The molecule has 2 rings (SSSR count). The summed E-state index contributed by atoms with van der Waals surface area (Å²) in [6, 6.07) is 6.96. The van der Waals surface area contributed by atoms with E-state index in [1.807, 2.05) is 0 Å². The Morgan fingerprint density at radius 3 is 2.61 bits per heavy atom. The largest absolute Gasteiger partial charge is 0.381 e. The van der Waals surface area contributed by atoms with Crippen LogP contribution in [-0.2, 0) is 10.0 Å². The summed E-state index contributed by atoms with van der Waals surface area (Å²) in [5, 5.41) is 11.8. The van der Waals surface area contributed by atoms with Gasteiger partial charge in [0.1, 0.15) is 0 Å². The van der Waals surface area contributed by atoms with Gasteiger partial charge in [0, 0.05) is 18.3 Å². The number of nitrogens with one attached hydrogen (secondary N) is 2. The normalized spacial score (nSPS) is 21.3. The van der Waals surface area contributed by atoms with E-state index in [2.05, 4.69) is 10.6 Å². The third-order valence-electron chi connectivity index (χ3n) is 3.10. The number of nitrogens with two attached hydrogens (primary N) is 1. The molecule has 0 spiro atoms. The number of primary sulfonamides is 1. The molecule has 18 heavy (non-hydrogen) atoms. The third-order valence-corrected chi connectivity index (χ3v) is 4.03. The van der Waals surface area contributed by atoms with Crippen LogP contribution in [0.5, 0.6) is 0 Å². The summed E-state index contributed by atoms with van der Waals surface area (Å²) in [5.74, 6) is 0. The lowest BCUT2D eigenvalue weighted by molar-refractivity contribution is 0.598.